The normalized spacial score (nSPS) is 17.3. The Morgan fingerprint density at radius 3 is 1.56 bits per heavy atom. The zero-order valence-corrected chi connectivity index (χ0v) is 6.17. The van der Waals surface area contributed by atoms with Crippen LogP contribution >= 0.6 is 0 Å². The predicted molar refractivity (Wildman–Crippen MR) is 37.2 cm³/mol. The van der Waals surface area contributed by atoms with Gasteiger partial charge in [-0.25, -0.2) is 0 Å². The van der Waals surface area contributed by atoms with E-state index < -0.39 is 0 Å². The van der Waals surface area contributed by atoms with Gasteiger partial charge in [0.15, 0.2) is 0 Å². The van der Waals surface area contributed by atoms with Crippen molar-refractivity contribution in [3.05, 3.63) is 0 Å². The van der Waals surface area contributed by atoms with Gasteiger partial charge in [0.05, 0.1) is 12.2 Å². The Hall–Kier alpha value is -0.0800. The third-order valence-corrected chi connectivity index (χ3v) is 1.24. The van der Waals surface area contributed by atoms with Crippen molar-refractivity contribution >= 4 is 0 Å². The molecule has 0 spiro atoms. The van der Waals surface area contributed by atoms with Gasteiger partial charge in [-0.15, -0.1) is 0 Å². The molecule has 0 aromatic rings. The summed E-state index contributed by atoms with van der Waals surface area (Å²) in [5.74, 6) is 0. The van der Waals surface area contributed by atoms with E-state index in [1.807, 2.05) is 0 Å². The molecule has 2 heteroatoms. The Morgan fingerprint density at radius 2 is 1.33 bits per heavy atom. The van der Waals surface area contributed by atoms with Crippen LogP contribution in [0.5, 0.6) is 0 Å². The summed E-state index contributed by atoms with van der Waals surface area (Å²) in [6.45, 7) is 3.53. The van der Waals surface area contributed by atoms with E-state index in [0.717, 1.165) is 19.3 Å². The Bertz CT molecular complexity index is 51.9. The minimum absolute atomic E-state index is 0.219. The summed E-state index contributed by atoms with van der Waals surface area (Å²) in [7, 11) is 0. The van der Waals surface area contributed by atoms with Crippen molar-refractivity contribution in [3.8, 4) is 0 Å². The largest absolute Gasteiger partial charge is 0.393 e. The van der Waals surface area contributed by atoms with Crippen LogP contribution < -0.4 is 0 Å². The number of hydrogen-bond donors (Lipinski definition) is 2. The second-order valence-corrected chi connectivity index (χ2v) is 2.63. The molecule has 0 aromatic carbocycles. The Balaban J connectivity index is 2.91. The van der Waals surface area contributed by atoms with E-state index in [2.05, 4.69) is 0 Å². The first kappa shape index (κ1) is 8.92. The SMILES string of the molecule is C[C@H](O)CCC[C@@H](C)O. The van der Waals surface area contributed by atoms with Gasteiger partial charge in [-0.2, -0.15) is 0 Å². The average molecular weight is 132 g/mol. The van der Waals surface area contributed by atoms with Gasteiger partial charge >= 0.3 is 0 Å². The predicted octanol–water partition coefficient (Wildman–Crippen LogP) is 0.918. The van der Waals surface area contributed by atoms with E-state index in [-0.39, 0.29) is 12.2 Å². The topological polar surface area (TPSA) is 40.5 Å². The van der Waals surface area contributed by atoms with Crippen LogP contribution in [0.15, 0.2) is 0 Å². The molecule has 0 saturated carbocycles. The minimum atomic E-state index is -0.219. The molecule has 0 aromatic heterocycles. The van der Waals surface area contributed by atoms with Crippen molar-refractivity contribution in [2.75, 3.05) is 0 Å². The third-order valence-electron chi connectivity index (χ3n) is 1.24. The first-order valence-corrected chi connectivity index (χ1v) is 3.49. The van der Waals surface area contributed by atoms with Crippen LogP contribution in [0.4, 0.5) is 0 Å². The van der Waals surface area contributed by atoms with Crippen molar-refractivity contribution in [1.82, 2.24) is 0 Å². The molecule has 0 amide bonds. The molecule has 0 unspecified atom stereocenters. The Labute approximate surface area is 56.5 Å². The summed E-state index contributed by atoms with van der Waals surface area (Å²) >= 11 is 0. The maximum Gasteiger partial charge on any atom is 0.0512 e. The maximum atomic E-state index is 8.78. The van der Waals surface area contributed by atoms with Crippen LogP contribution in [-0.2, 0) is 0 Å². The van der Waals surface area contributed by atoms with Gasteiger partial charge in [-0.1, -0.05) is 0 Å². The number of aliphatic hydroxyl groups excluding tert-OH is 2. The second-order valence-electron chi connectivity index (χ2n) is 2.63. The van der Waals surface area contributed by atoms with Crippen LogP contribution in [0.1, 0.15) is 33.1 Å². The molecule has 0 aliphatic carbocycles. The third kappa shape index (κ3) is 7.92. The van der Waals surface area contributed by atoms with Crippen LogP contribution in [-0.4, -0.2) is 22.4 Å². The molecular formula is C7H16O2. The van der Waals surface area contributed by atoms with Gasteiger partial charge < -0.3 is 10.2 Å². The zero-order chi connectivity index (χ0) is 7.28. The van der Waals surface area contributed by atoms with Crippen molar-refractivity contribution in [2.45, 2.75) is 45.3 Å². The fourth-order valence-corrected chi connectivity index (χ4v) is 0.709. The molecule has 0 rings (SSSR count). The first-order valence-electron chi connectivity index (χ1n) is 3.49. The number of aliphatic hydroxyl groups is 2. The van der Waals surface area contributed by atoms with Gasteiger partial charge in [0, 0.05) is 0 Å². The molecule has 0 saturated heterocycles. The van der Waals surface area contributed by atoms with Gasteiger partial charge in [0.1, 0.15) is 0 Å². The summed E-state index contributed by atoms with van der Waals surface area (Å²) in [5, 5.41) is 17.6. The summed E-state index contributed by atoms with van der Waals surface area (Å²) in [6, 6.07) is 0. The minimum Gasteiger partial charge on any atom is -0.393 e. The number of hydrogen-bond acceptors (Lipinski definition) is 2. The molecule has 9 heavy (non-hydrogen) atoms. The summed E-state index contributed by atoms with van der Waals surface area (Å²) in [6.07, 6.45) is 2.07. The molecule has 0 heterocycles. The Kier molecular flexibility index (Phi) is 4.72. The van der Waals surface area contributed by atoms with Crippen molar-refractivity contribution in [1.29, 1.82) is 0 Å². The summed E-state index contributed by atoms with van der Waals surface area (Å²) in [5.41, 5.74) is 0. The van der Waals surface area contributed by atoms with Gasteiger partial charge in [0.25, 0.3) is 0 Å². The standard InChI is InChI=1S/C7H16O2/c1-6(8)4-3-5-7(2)9/h6-9H,3-5H2,1-2H3/t6-,7+. The highest BCUT2D eigenvalue weighted by atomic mass is 16.3. The van der Waals surface area contributed by atoms with E-state index in [1.165, 1.54) is 0 Å². The summed E-state index contributed by atoms with van der Waals surface area (Å²) in [4.78, 5) is 0. The molecule has 56 valence electrons. The van der Waals surface area contributed by atoms with Gasteiger partial charge in [-0.3, -0.25) is 0 Å². The highest BCUT2D eigenvalue weighted by Crippen LogP contribution is 2.02. The van der Waals surface area contributed by atoms with Crippen LogP contribution in [0.3, 0.4) is 0 Å². The van der Waals surface area contributed by atoms with Crippen molar-refractivity contribution in [2.24, 2.45) is 0 Å². The molecule has 2 atom stereocenters. The highest BCUT2D eigenvalue weighted by Gasteiger charge is 1.97. The van der Waals surface area contributed by atoms with E-state index >= 15 is 0 Å². The lowest BCUT2D eigenvalue weighted by molar-refractivity contribution is 0.153. The van der Waals surface area contributed by atoms with E-state index in [0.29, 0.717) is 0 Å². The van der Waals surface area contributed by atoms with Crippen LogP contribution in [0.25, 0.3) is 0 Å². The molecule has 0 fully saturated rings. The molecule has 0 bridgehead atoms. The Morgan fingerprint density at radius 1 is 1.00 bits per heavy atom. The van der Waals surface area contributed by atoms with E-state index in [1.54, 1.807) is 13.8 Å². The van der Waals surface area contributed by atoms with Gasteiger partial charge in [-0.05, 0) is 33.1 Å². The van der Waals surface area contributed by atoms with Gasteiger partial charge in [0.2, 0.25) is 0 Å². The molecule has 0 aliphatic heterocycles. The lowest BCUT2D eigenvalue weighted by Crippen LogP contribution is -2.03. The van der Waals surface area contributed by atoms with E-state index in [9.17, 15) is 0 Å². The second kappa shape index (κ2) is 4.77. The first-order chi connectivity index (χ1) is 4.13. The smallest absolute Gasteiger partial charge is 0.0512 e. The highest BCUT2D eigenvalue weighted by molar-refractivity contribution is 4.51. The average Bonchev–Trinajstić information content (AvgIpc) is 1.63. The summed E-state index contributed by atoms with van der Waals surface area (Å²) < 4.78 is 0. The fourth-order valence-electron chi connectivity index (χ4n) is 0.709. The lowest BCUT2D eigenvalue weighted by Gasteiger charge is -2.04. The molecule has 2 N–H and O–H groups in total. The monoisotopic (exact) mass is 132 g/mol. The quantitative estimate of drug-likeness (QED) is 0.597. The van der Waals surface area contributed by atoms with Crippen LogP contribution in [0, 0.1) is 0 Å². The van der Waals surface area contributed by atoms with Crippen molar-refractivity contribution in [3.63, 3.8) is 0 Å². The lowest BCUT2D eigenvalue weighted by atomic mass is 10.1. The van der Waals surface area contributed by atoms with Crippen molar-refractivity contribution < 1.29 is 10.2 Å². The molecule has 0 radical (unpaired) electrons. The number of rotatable bonds is 4. The maximum absolute atomic E-state index is 8.78. The zero-order valence-electron chi connectivity index (χ0n) is 6.17. The van der Waals surface area contributed by atoms with E-state index in [4.69, 9.17) is 10.2 Å². The molecular weight excluding hydrogens is 116 g/mol. The molecule has 0 aliphatic rings. The fraction of sp³-hybridized carbons (Fsp3) is 1.00. The molecule has 2 nitrogen and oxygen atoms in total. The van der Waals surface area contributed by atoms with Crippen LogP contribution in [0.2, 0.25) is 0 Å².